The molecule has 0 saturated carbocycles. The largest absolute Gasteiger partial charge is 0.492 e. The minimum absolute atomic E-state index is 0.236. The number of aldehydes is 1. The SMILES string of the molecule is COc1c(C=O)ccc(-c2ccc(S(C)(=O)=O)cc2)c1OCc1ccccc1. The highest BCUT2D eigenvalue weighted by Crippen LogP contribution is 2.41. The summed E-state index contributed by atoms with van der Waals surface area (Å²) in [6, 6.07) is 19.6. The van der Waals surface area contributed by atoms with E-state index in [1.54, 1.807) is 36.4 Å². The van der Waals surface area contributed by atoms with E-state index in [-0.39, 0.29) is 4.90 Å². The van der Waals surface area contributed by atoms with Gasteiger partial charge in [-0.1, -0.05) is 42.5 Å². The van der Waals surface area contributed by atoms with Crippen LogP contribution in [0.1, 0.15) is 15.9 Å². The molecule has 5 nitrogen and oxygen atoms in total. The fourth-order valence-electron chi connectivity index (χ4n) is 2.86. The topological polar surface area (TPSA) is 69.7 Å². The van der Waals surface area contributed by atoms with Crippen molar-refractivity contribution < 1.29 is 22.7 Å². The summed E-state index contributed by atoms with van der Waals surface area (Å²) in [6.07, 6.45) is 1.88. The zero-order chi connectivity index (χ0) is 20.1. The van der Waals surface area contributed by atoms with Crippen LogP contribution in [0.2, 0.25) is 0 Å². The fourth-order valence-corrected chi connectivity index (χ4v) is 3.49. The summed E-state index contributed by atoms with van der Waals surface area (Å²) in [4.78, 5) is 11.6. The molecule has 0 amide bonds. The molecule has 0 aliphatic heterocycles. The van der Waals surface area contributed by atoms with E-state index >= 15 is 0 Å². The van der Waals surface area contributed by atoms with E-state index in [9.17, 15) is 13.2 Å². The lowest BCUT2D eigenvalue weighted by Gasteiger charge is -2.17. The summed E-state index contributed by atoms with van der Waals surface area (Å²) in [5.74, 6) is 0.777. The van der Waals surface area contributed by atoms with Gasteiger partial charge in [0.05, 0.1) is 17.6 Å². The minimum atomic E-state index is -3.28. The van der Waals surface area contributed by atoms with Crippen LogP contribution in [-0.2, 0) is 16.4 Å². The van der Waals surface area contributed by atoms with Crippen LogP contribution >= 0.6 is 0 Å². The molecule has 0 atom stereocenters. The smallest absolute Gasteiger partial charge is 0.175 e. The minimum Gasteiger partial charge on any atom is -0.492 e. The molecular formula is C22H20O5S. The molecule has 3 aromatic rings. The molecule has 0 bridgehead atoms. The van der Waals surface area contributed by atoms with Crippen LogP contribution in [0.25, 0.3) is 11.1 Å². The Labute approximate surface area is 164 Å². The maximum absolute atomic E-state index is 11.7. The predicted octanol–water partition coefficient (Wildman–Crippen LogP) is 4.16. The highest BCUT2D eigenvalue weighted by atomic mass is 32.2. The van der Waals surface area contributed by atoms with E-state index in [4.69, 9.17) is 9.47 Å². The Morgan fingerprint density at radius 2 is 1.57 bits per heavy atom. The summed E-state index contributed by atoms with van der Waals surface area (Å²) in [5, 5.41) is 0. The second kappa shape index (κ2) is 8.27. The molecule has 0 aliphatic rings. The molecule has 144 valence electrons. The maximum Gasteiger partial charge on any atom is 0.175 e. The molecule has 0 aliphatic carbocycles. The summed E-state index contributed by atoms with van der Waals surface area (Å²) in [5.41, 5.74) is 2.81. The zero-order valence-electron chi connectivity index (χ0n) is 15.6. The lowest BCUT2D eigenvalue weighted by atomic mass is 10.0. The van der Waals surface area contributed by atoms with Gasteiger partial charge in [0.1, 0.15) is 6.61 Å². The summed E-state index contributed by atoms with van der Waals surface area (Å²) < 4.78 is 34.9. The molecule has 0 N–H and O–H groups in total. The first-order valence-corrected chi connectivity index (χ1v) is 10.5. The third kappa shape index (κ3) is 4.23. The van der Waals surface area contributed by atoms with Crippen molar-refractivity contribution in [1.82, 2.24) is 0 Å². The van der Waals surface area contributed by atoms with Gasteiger partial charge in [0.2, 0.25) is 0 Å². The molecule has 3 aromatic carbocycles. The van der Waals surface area contributed by atoms with E-state index in [0.29, 0.717) is 35.5 Å². The van der Waals surface area contributed by atoms with Crippen LogP contribution in [0, 0.1) is 0 Å². The van der Waals surface area contributed by atoms with Gasteiger partial charge >= 0.3 is 0 Å². The van der Waals surface area contributed by atoms with Crippen molar-refractivity contribution in [2.75, 3.05) is 13.4 Å². The Kier molecular flexibility index (Phi) is 5.80. The summed E-state index contributed by atoms with van der Waals surface area (Å²) in [6.45, 7) is 0.300. The molecule has 28 heavy (non-hydrogen) atoms. The van der Waals surface area contributed by atoms with E-state index in [2.05, 4.69) is 0 Å². The Morgan fingerprint density at radius 1 is 0.893 bits per heavy atom. The Bertz CT molecular complexity index is 1070. The van der Waals surface area contributed by atoms with Gasteiger partial charge in [-0.2, -0.15) is 0 Å². The second-order valence-electron chi connectivity index (χ2n) is 6.25. The van der Waals surface area contributed by atoms with E-state index in [0.717, 1.165) is 17.4 Å². The van der Waals surface area contributed by atoms with Crippen molar-refractivity contribution in [3.63, 3.8) is 0 Å². The fraction of sp³-hybridized carbons (Fsp3) is 0.136. The third-order valence-electron chi connectivity index (χ3n) is 4.29. The number of ether oxygens (including phenoxy) is 2. The van der Waals surface area contributed by atoms with Crippen LogP contribution in [0.15, 0.2) is 71.6 Å². The van der Waals surface area contributed by atoms with Gasteiger partial charge in [0, 0.05) is 11.8 Å². The number of hydrogen-bond acceptors (Lipinski definition) is 5. The van der Waals surface area contributed by atoms with E-state index < -0.39 is 9.84 Å². The average Bonchev–Trinajstić information content (AvgIpc) is 2.71. The van der Waals surface area contributed by atoms with Crippen LogP contribution < -0.4 is 9.47 Å². The standard InChI is InChI=1S/C22H20O5S/c1-26-21-18(14-23)10-13-20(17-8-11-19(12-9-17)28(2,24)25)22(21)27-15-16-6-4-3-5-7-16/h3-14H,15H2,1-2H3. The molecule has 0 heterocycles. The molecule has 0 radical (unpaired) electrons. The van der Waals surface area contributed by atoms with Crippen molar-refractivity contribution >= 4 is 16.1 Å². The number of carbonyl (C=O) groups is 1. The Morgan fingerprint density at radius 3 is 2.14 bits per heavy atom. The molecule has 0 unspecified atom stereocenters. The van der Waals surface area contributed by atoms with Crippen molar-refractivity contribution in [2.45, 2.75) is 11.5 Å². The highest BCUT2D eigenvalue weighted by molar-refractivity contribution is 7.90. The van der Waals surface area contributed by atoms with Gasteiger partial charge in [-0.3, -0.25) is 4.79 Å². The summed E-state index contributed by atoms with van der Waals surface area (Å²) >= 11 is 0. The predicted molar refractivity (Wildman–Crippen MR) is 108 cm³/mol. The lowest BCUT2D eigenvalue weighted by Crippen LogP contribution is -2.02. The number of benzene rings is 3. The second-order valence-corrected chi connectivity index (χ2v) is 8.27. The van der Waals surface area contributed by atoms with Gasteiger partial charge in [-0.15, -0.1) is 0 Å². The van der Waals surface area contributed by atoms with Crippen LogP contribution in [-0.4, -0.2) is 28.1 Å². The van der Waals surface area contributed by atoms with Gasteiger partial charge in [0.15, 0.2) is 27.6 Å². The van der Waals surface area contributed by atoms with Crippen LogP contribution in [0.3, 0.4) is 0 Å². The van der Waals surface area contributed by atoms with E-state index in [1.807, 2.05) is 30.3 Å². The maximum atomic E-state index is 11.7. The molecular weight excluding hydrogens is 376 g/mol. The zero-order valence-corrected chi connectivity index (χ0v) is 16.4. The van der Waals surface area contributed by atoms with Gasteiger partial charge in [-0.25, -0.2) is 8.42 Å². The molecule has 0 aromatic heterocycles. The summed E-state index contributed by atoms with van der Waals surface area (Å²) in [7, 11) is -1.80. The quantitative estimate of drug-likeness (QED) is 0.561. The van der Waals surface area contributed by atoms with Crippen molar-refractivity contribution in [1.29, 1.82) is 0 Å². The number of hydrogen-bond donors (Lipinski definition) is 0. The van der Waals surface area contributed by atoms with E-state index in [1.165, 1.54) is 7.11 Å². The molecule has 0 fully saturated rings. The van der Waals surface area contributed by atoms with Crippen molar-refractivity contribution in [2.24, 2.45) is 0 Å². The van der Waals surface area contributed by atoms with Crippen molar-refractivity contribution in [3.05, 3.63) is 77.9 Å². The first kappa shape index (κ1) is 19.6. The third-order valence-corrected chi connectivity index (χ3v) is 5.42. The number of rotatable bonds is 7. The van der Waals surface area contributed by atoms with Gasteiger partial charge in [-0.05, 0) is 35.4 Å². The highest BCUT2D eigenvalue weighted by Gasteiger charge is 2.18. The van der Waals surface area contributed by atoms with Gasteiger partial charge in [0.25, 0.3) is 0 Å². The van der Waals surface area contributed by atoms with Gasteiger partial charge < -0.3 is 9.47 Å². The lowest BCUT2D eigenvalue weighted by molar-refractivity contribution is 0.111. The monoisotopic (exact) mass is 396 g/mol. The molecule has 6 heteroatoms. The number of methoxy groups -OCH3 is 1. The average molecular weight is 396 g/mol. The Balaban J connectivity index is 2.05. The molecule has 3 rings (SSSR count). The number of sulfone groups is 1. The number of carbonyl (C=O) groups excluding carboxylic acids is 1. The first-order chi connectivity index (χ1) is 13.4. The Hall–Kier alpha value is -3.12. The van der Waals surface area contributed by atoms with Crippen LogP contribution in [0.4, 0.5) is 0 Å². The first-order valence-electron chi connectivity index (χ1n) is 8.57. The normalized spacial score (nSPS) is 11.1. The molecule has 0 saturated heterocycles. The van der Waals surface area contributed by atoms with Crippen molar-refractivity contribution in [3.8, 4) is 22.6 Å². The van der Waals surface area contributed by atoms with Crippen LogP contribution in [0.5, 0.6) is 11.5 Å². The molecule has 0 spiro atoms.